The maximum Gasteiger partial charge on any atom is 0.0927 e. The predicted molar refractivity (Wildman–Crippen MR) is 191 cm³/mol. The summed E-state index contributed by atoms with van der Waals surface area (Å²) in [7, 11) is 0. The zero-order valence-corrected chi connectivity index (χ0v) is 26.1. The van der Waals surface area contributed by atoms with Crippen LogP contribution in [0, 0.1) is 6.07 Å². The monoisotopic (exact) mass is 665 g/mol. The minimum Gasteiger partial charge on any atom is -0.388 e. The maximum absolute atomic E-state index is 5.00. The van der Waals surface area contributed by atoms with Crippen molar-refractivity contribution in [2.45, 2.75) is 42.5 Å². The van der Waals surface area contributed by atoms with Gasteiger partial charge in [0, 0.05) is 50.8 Å². The van der Waals surface area contributed by atoms with Crippen LogP contribution in [0.1, 0.15) is 42.5 Å². The normalized spacial score (nSPS) is 10.5. The number of fused-ring (bicyclic) bond motifs is 20. The first-order valence-electron chi connectivity index (χ1n) is 14.9. The number of hydrogen-bond acceptors (Lipinski definition) is 5. The molecule has 3 aromatic heterocycles. The van der Waals surface area contributed by atoms with Gasteiger partial charge in [-0.05, 0) is 21.5 Å². The Morgan fingerprint density at radius 3 is 1.06 bits per heavy atom. The maximum atomic E-state index is 5.00. The fraction of sp³-hybridized carbons (Fsp3) is 0.154. The standard InChI is InChI=1S/C33H16N7.2C2H6.2CH4.Cu/c1-2-10-19-18(9-1)26-17-27(19)35-29-21-12-4-6-14-23(21)31(37-29)39-33-25-16-8-7-15-24(25)32(40-33)38-30-22-13-5-3-11-20(22)28(34-26)36-30;2*1-2;;;/h1-16H;2*1-2H3;2*1H4;/q-3;;;;;. The van der Waals surface area contributed by atoms with Crippen molar-refractivity contribution in [2.75, 3.05) is 0 Å². The molecule has 241 valence electrons. The van der Waals surface area contributed by atoms with Crippen molar-refractivity contribution in [2.24, 2.45) is 0 Å². The molecule has 0 saturated heterocycles. The van der Waals surface area contributed by atoms with E-state index in [1.165, 1.54) is 0 Å². The third-order valence-electron chi connectivity index (χ3n) is 7.40. The molecule has 0 atom stereocenters. The van der Waals surface area contributed by atoms with E-state index in [0.29, 0.717) is 45.6 Å². The van der Waals surface area contributed by atoms with Gasteiger partial charge in [0.25, 0.3) is 0 Å². The van der Waals surface area contributed by atoms with E-state index in [0.717, 1.165) is 43.8 Å². The minimum absolute atomic E-state index is 0. The minimum atomic E-state index is 0. The van der Waals surface area contributed by atoms with Gasteiger partial charge in [0.15, 0.2) is 0 Å². The van der Waals surface area contributed by atoms with Crippen LogP contribution in [-0.4, -0.2) is 24.9 Å². The molecule has 0 fully saturated rings. The van der Waals surface area contributed by atoms with Crippen LogP contribution in [0.25, 0.3) is 89.4 Å². The quantitative estimate of drug-likeness (QED) is 0.118. The van der Waals surface area contributed by atoms with Gasteiger partial charge in [0.2, 0.25) is 0 Å². The number of nitrogens with zero attached hydrogens (tertiary/aromatic N) is 7. The summed E-state index contributed by atoms with van der Waals surface area (Å²) < 4.78 is 0. The van der Waals surface area contributed by atoms with Crippen molar-refractivity contribution in [3.63, 3.8) is 0 Å². The Bertz CT molecular complexity index is 2030. The fourth-order valence-corrected chi connectivity index (χ4v) is 5.52. The van der Waals surface area contributed by atoms with Gasteiger partial charge in [0.1, 0.15) is 0 Å². The van der Waals surface area contributed by atoms with E-state index >= 15 is 0 Å². The summed E-state index contributed by atoms with van der Waals surface area (Å²) >= 11 is 0. The summed E-state index contributed by atoms with van der Waals surface area (Å²) in [5.41, 5.74) is 7.35. The van der Waals surface area contributed by atoms with Gasteiger partial charge in [-0.1, -0.05) is 127 Å². The molecule has 4 heterocycles. The molecule has 1 aliphatic carbocycles. The molecule has 0 amide bonds. The molecule has 1 aliphatic heterocycles. The van der Waals surface area contributed by atoms with E-state index in [9.17, 15) is 0 Å². The van der Waals surface area contributed by atoms with Gasteiger partial charge in [-0.15, -0.1) is 23.5 Å². The molecule has 0 unspecified atom stereocenters. The molecule has 0 N–H and O–H groups in total. The summed E-state index contributed by atoms with van der Waals surface area (Å²) in [6, 6.07) is 35.5. The Morgan fingerprint density at radius 1 is 0.404 bits per heavy atom. The fourth-order valence-electron chi connectivity index (χ4n) is 5.52. The molecule has 2 aliphatic rings. The van der Waals surface area contributed by atoms with Crippen molar-refractivity contribution in [3.8, 4) is 45.3 Å². The Kier molecular flexibility index (Phi) is 10.7. The van der Waals surface area contributed by atoms with Crippen molar-refractivity contribution in [1.82, 2.24) is 34.9 Å². The molecule has 8 heteroatoms. The number of aromatic nitrogens is 7. The van der Waals surface area contributed by atoms with Crippen LogP contribution in [0.5, 0.6) is 0 Å². The van der Waals surface area contributed by atoms with Crippen molar-refractivity contribution in [3.05, 3.63) is 103 Å². The van der Waals surface area contributed by atoms with Gasteiger partial charge in [-0.25, -0.2) is 4.98 Å². The van der Waals surface area contributed by atoms with Crippen LogP contribution in [0.4, 0.5) is 0 Å². The summed E-state index contributed by atoms with van der Waals surface area (Å²) in [4.78, 5) is 34.6. The molecule has 9 rings (SSSR count). The molecule has 1 radical (unpaired) electrons. The summed E-state index contributed by atoms with van der Waals surface area (Å²) in [6.45, 7) is 8.00. The molecule has 7 nitrogen and oxygen atoms in total. The van der Waals surface area contributed by atoms with Crippen LogP contribution in [0.15, 0.2) is 97.1 Å². The zero-order chi connectivity index (χ0) is 30.2. The summed E-state index contributed by atoms with van der Waals surface area (Å²) in [5, 5.41) is 3.64. The van der Waals surface area contributed by atoms with E-state index in [4.69, 9.17) is 34.9 Å². The largest absolute Gasteiger partial charge is 0.388 e. The third-order valence-corrected chi connectivity index (χ3v) is 7.40. The van der Waals surface area contributed by atoms with Gasteiger partial charge < -0.3 is 29.9 Å². The second-order valence-corrected chi connectivity index (χ2v) is 9.73. The van der Waals surface area contributed by atoms with Crippen molar-refractivity contribution < 1.29 is 17.1 Å². The molecule has 7 aromatic rings. The third kappa shape index (κ3) is 5.82. The second kappa shape index (κ2) is 14.5. The molecule has 47 heavy (non-hydrogen) atoms. The first kappa shape index (κ1) is 34.7. The Hall–Kier alpha value is -5.17. The van der Waals surface area contributed by atoms with E-state index < -0.39 is 0 Å². The average molecular weight is 666 g/mol. The predicted octanol–water partition coefficient (Wildman–Crippen LogP) is 9.85. The van der Waals surface area contributed by atoms with Gasteiger partial charge in [0.05, 0.1) is 11.6 Å². The number of hydrogen-bond donors (Lipinski definition) is 0. The SMILES string of the molecule is C.C.CC.CC.[Cu].[c-]1c2nc3[n-]c(nc4nc(nc5[n-]c(nc1-c1ccccc1-2)c1ccccc51)-c1ccccc1-4)c1ccccc31. The van der Waals surface area contributed by atoms with E-state index in [-0.39, 0.29) is 31.9 Å². The zero-order valence-electron chi connectivity index (χ0n) is 25.2. The van der Waals surface area contributed by atoms with Crippen LogP contribution in [-0.2, 0) is 17.1 Å². The second-order valence-electron chi connectivity index (χ2n) is 9.73. The van der Waals surface area contributed by atoms with Gasteiger partial charge in [-0.2, -0.15) is 17.2 Å². The topological polar surface area (TPSA) is 92.6 Å². The molecule has 8 bridgehead atoms. The van der Waals surface area contributed by atoms with Gasteiger partial charge in [-0.3, -0.25) is 0 Å². The molecule has 0 saturated carbocycles. The van der Waals surface area contributed by atoms with E-state index in [1.807, 2.05) is 125 Å². The molecule has 4 aromatic carbocycles. The van der Waals surface area contributed by atoms with Crippen LogP contribution >= 0.6 is 0 Å². The van der Waals surface area contributed by atoms with Crippen LogP contribution in [0.2, 0.25) is 0 Å². The summed E-state index contributed by atoms with van der Waals surface area (Å²) in [5.74, 6) is 1.12. The number of benzene rings is 4. The average Bonchev–Trinajstić information content (AvgIpc) is 3.82. The Labute approximate surface area is 286 Å². The van der Waals surface area contributed by atoms with Crippen LogP contribution in [0.3, 0.4) is 0 Å². The van der Waals surface area contributed by atoms with Crippen LogP contribution < -0.4 is 9.97 Å². The van der Waals surface area contributed by atoms with Crippen molar-refractivity contribution >= 4 is 44.1 Å². The van der Waals surface area contributed by atoms with E-state index in [1.54, 1.807) is 0 Å². The molecular formula is C39H36CuN7-3. The first-order valence-corrected chi connectivity index (χ1v) is 14.9. The van der Waals surface area contributed by atoms with E-state index in [2.05, 4.69) is 6.07 Å². The first-order chi connectivity index (χ1) is 21.8. The van der Waals surface area contributed by atoms with Gasteiger partial charge >= 0.3 is 0 Å². The number of rotatable bonds is 0. The molecular weight excluding hydrogens is 630 g/mol. The Balaban J connectivity index is 0.000000690. The van der Waals surface area contributed by atoms with Crippen molar-refractivity contribution in [1.29, 1.82) is 0 Å². The molecule has 0 spiro atoms. The Morgan fingerprint density at radius 2 is 0.702 bits per heavy atom. The smallest absolute Gasteiger partial charge is 0.0927 e. The summed E-state index contributed by atoms with van der Waals surface area (Å²) in [6.07, 6.45) is 0.